The van der Waals surface area contributed by atoms with Crippen LogP contribution >= 0.6 is 0 Å². The molecule has 340 valence electrons. The van der Waals surface area contributed by atoms with Crippen molar-refractivity contribution in [2.45, 2.75) is 6.92 Å². The average molecular weight is 913 g/mol. The Balaban J connectivity index is 0.956. The van der Waals surface area contributed by atoms with E-state index in [-0.39, 0.29) is 0 Å². The molecule has 0 saturated heterocycles. The van der Waals surface area contributed by atoms with Gasteiger partial charge in [0.15, 0.2) is 0 Å². The predicted octanol–water partition coefficient (Wildman–Crippen LogP) is 18.7. The molecule has 2 atom stereocenters. The van der Waals surface area contributed by atoms with Gasteiger partial charge in [0.2, 0.25) is 0 Å². The molecule has 71 heavy (non-hydrogen) atoms. The maximum atomic E-state index is 2.42. The minimum Gasteiger partial charge on any atom is -0.311 e. The van der Waals surface area contributed by atoms with Crippen LogP contribution in [0.2, 0.25) is 0 Å². The van der Waals surface area contributed by atoms with E-state index in [9.17, 15) is 0 Å². The summed E-state index contributed by atoms with van der Waals surface area (Å²) < 4.78 is 0. The molecular weight excluding hydrogens is 861 g/mol. The number of hydrogen-bond acceptors (Lipinski definition) is 4. The van der Waals surface area contributed by atoms with E-state index >= 15 is 0 Å². The van der Waals surface area contributed by atoms with Crippen LogP contribution in [-0.2, 0) is 0 Å². The van der Waals surface area contributed by atoms with Crippen molar-refractivity contribution in [3.05, 3.63) is 296 Å². The Bertz CT molecular complexity index is 3430. The largest absolute Gasteiger partial charge is 0.311 e. The van der Waals surface area contributed by atoms with Crippen LogP contribution < -0.4 is 19.6 Å². The van der Waals surface area contributed by atoms with Gasteiger partial charge in [0, 0.05) is 74.2 Å². The molecule has 0 spiro atoms. The molecule has 4 heteroatoms. The number of rotatable bonds is 12. The van der Waals surface area contributed by atoms with Crippen LogP contribution in [0.25, 0.3) is 21.5 Å². The first-order chi connectivity index (χ1) is 35.1. The van der Waals surface area contributed by atoms with E-state index in [0.29, 0.717) is 11.8 Å². The predicted molar refractivity (Wildman–Crippen MR) is 301 cm³/mol. The number of hydrogen-bond donors (Lipinski definition) is 0. The quantitative estimate of drug-likeness (QED) is 0.121. The van der Waals surface area contributed by atoms with E-state index < -0.39 is 0 Å². The van der Waals surface area contributed by atoms with Crippen molar-refractivity contribution in [3.63, 3.8) is 0 Å². The number of fused-ring (bicyclic) bond motifs is 3. The van der Waals surface area contributed by atoms with Gasteiger partial charge < -0.3 is 19.6 Å². The van der Waals surface area contributed by atoms with E-state index in [2.05, 4.69) is 312 Å². The second-order valence-corrected chi connectivity index (χ2v) is 18.3. The molecule has 12 rings (SSSR count). The lowest BCUT2D eigenvalue weighted by molar-refractivity contribution is 0.576. The van der Waals surface area contributed by atoms with Gasteiger partial charge in [-0.2, -0.15) is 0 Å². The SMILES string of the molecule is CC1C=C(N(c2ccccc2)c2ccc(N(c3ccc(N(c4ccccc4)c4ccc5ccccc5c4)cc3)c3ccc(N(c4ccccc4)c4ccc5ccccc5c4)cc3)cc2)C=C2C=CC=CC21. The first kappa shape index (κ1) is 43.2. The van der Waals surface area contributed by atoms with Crippen molar-refractivity contribution < 1.29 is 0 Å². The normalized spacial score (nSPS) is 14.9. The summed E-state index contributed by atoms with van der Waals surface area (Å²) in [5, 5.41) is 4.85. The van der Waals surface area contributed by atoms with Crippen LogP contribution in [0.3, 0.4) is 0 Å². The molecule has 4 nitrogen and oxygen atoms in total. The van der Waals surface area contributed by atoms with Crippen molar-refractivity contribution >= 4 is 84.1 Å². The number of nitrogens with zero attached hydrogens (tertiary/aromatic N) is 4. The van der Waals surface area contributed by atoms with Gasteiger partial charge in [-0.05, 0) is 173 Å². The molecule has 0 heterocycles. The molecule has 2 aliphatic rings. The fourth-order valence-corrected chi connectivity index (χ4v) is 10.3. The molecule has 0 bridgehead atoms. The molecule has 0 saturated carbocycles. The number of anilines is 11. The van der Waals surface area contributed by atoms with Crippen LogP contribution in [0.1, 0.15) is 6.92 Å². The second-order valence-electron chi connectivity index (χ2n) is 18.3. The third kappa shape index (κ3) is 8.69. The zero-order valence-electron chi connectivity index (χ0n) is 39.6. The Morgan fingerprint density at radius 3 is 1.04 bits per heavy atom. The summed E-state index contributed by atoms with van der Waals surface area (Å²) in [4.78, 5) is 9.43. The third-order valence-electron chi connectivity index (χ3n) is 13.8. The topological polar surface area (TPSA) is 13.0 Å². The smallest absolute Gasteiger partial charge is 0.0468 e. The van der Waals surface area contributed by atoms with Crippen molar-refractivity contribution in [2.75, 3.05) is 19.6 Å². The summed E-state index contributed by atoms with van der Waals surface area (Å²) in [5.41, 5.74) is 14.4. The standard InChI is InChI=1S/C67H52N4/c1-49-45-66(48-54-21-15-16-28-67(49)54)71(57-26-9-4-10-27-57)63-43-37-60(38-44-63)68(58-33-39-61(40-34-58)69(55-22-5-2-6-23-55)64-31-29-50-17-11-13-19-52(50)46-64)59-35-41-62(42-36-59)70(56-24-7-3-8-25-56)65-32-30-51-18-12-14-20-53(51)47-65/h2-49,67H,1H3. The van der Waals surface area contributed by atoms with E-state index in [1.165, 1.54) is 32.8 Å². The van der Waals surface area contributed by atoms with Gasteiger partial charge in [-0.25, -0.2) is 0 Å². The maximum absolute atomic E-state index is 2.42. The van der Waals surface area contributed by atoms with E-state index in [4.69, 9.17) is 0 Å². The van der Waals surface area contributed by atoms with Crippen molar-refractivity contribution in [1.29, 1.82) is 0 Å². The molecular formula is C67H52N4. The van der Waals surface area contributed by atoms with Crippen molar-refractivity contribution in [1.82, 2.24) is 0 Å². The Kier molecular flexibility index (Phi) is 11.6. The maximum Gasteiger partial charge on any atom is 0.0468 e. The second kappa shape index (κ2) is 19.1. The Morgan fingerprint density at radius 2 is 0.620 bits per heavy atom. The number of para-hydroxylation sites is 3. The van der Waals surface area contributed by atoms with Gasteiger partial charge >= 0.3 is 0 Å². The highest BCUT2D eigenvalue weighted by Gasteiger charge is 2.26. The number of allylic oxidation sites excluding steroid dienone is 7. The van der Waals surface area contributed by atoms with Gasteiger partial charge in [-0.1, -0.05) is 153 Å². The first-order valence-electron chi connectivity index (χ1n) is 24.5. The van der Waals surface area contributed by atoms with Gasteiger partial charge in [-0.15, -0.1) is 0 Å². The Labute approximate surface area is 416 Å². The Hall–Kier alpha value is -9.12. The van der Waals surface area contributed by atoms with E-state index in [1.807, 2.05) is 0 Å². The van der Waals surface area contributed by atoms with E-state index in [1.54, 1.807) is 0 Å². The average Bonchev–Trinajstić information content (AvgIpc) is 3.43. The third-order valence-corrected chi connectivity index (χ3v) is 13.8. The minimum atomic E-state index is 0.358. The summed E-state index contributed by atoms with van der Waals surface area (Å²) in [6.45, 7) is 2.32. The highest BCUT2D eigenvalue weighted by Crippen LogP contribution is 2.44. The summed E-state index contributed by atoms with van der Waals surface area (Å²) in [5.74, 6) is 0.742. The summed E-state index contributed by atoms with van der Waals surface area (Å²) >= 11 is 0. The first-order valence-corrected chi connectivity index (χ1v) is 24.5. The summed E-state index contributed by atoms with van der Waals surface area (Å²) in [7, 11) is 0. The van der Waals surface area contributed by atoms with Gasteiger partial charge in [0.1, 0.15) is 0 Å². The molecule has 0 amide bonds. The zero-order valence-corrected chi connectivity index (χ0v) is 39.6. The van der Waals surface area contributed by atoms with Crippen molar-refractivity contribution in [2.24, 2.45) is 11.8 Å². The fraction of sp³-hybridized carbons (Fsp3) is 0.0448. The zero-order chi connectivity index (χ0) is 47.5. The highest BCUT2D eigenvalue weighted by atomic mass is 15.2. The van der Waals surface area contributed by atoms with Crippen LogP contribution in [0, 0.1) is 11.8 Å². The van der Waals surface area contributed by atoms with E-state index in [0.717, 1.165) is 62.6 Å². The van der Waals surface area contributed by atoms with Crippen LogP contribution in [0.15, 0.2) is 296 Å². The lowest BCUT2D eigenvalue weighted by Gasteiger charge is -2.34. The van der Waals surface area contributed by atoms with Crippen LogP contribution in [0.5, 0.6) is 0 Å². The molecule has 10 aromatic carbocycles. The molecule has 0 N–H and O–H groups in total. The minimum absolute atomic E-state index is 0.358. The van der Waals surface area contributed by atoms with Gasteiger partial charge in [0.25, 0.3) is 0 Å². The molecule has 2 unspecified atom stereocenters. The highest BCUT2D eigenvalue weighted by molar-refractivity contribution is 5.92. The van der Waals surface area contributed by atoms with Gasteiger partial charge in [-0.3, -0.25) is 0 Å². The Morgan fingerprint density at radius 1 is 0.296 bits per heavy atom. The van der Waals surface area contributed by atoms with Gasteiger partial charge in [0.05, 0.1) is 0 Å². The summed E-state index contributed by atoms with van der Waals surface area (Å²) in [6.07, 6.45) is 13.7. The summed E-state index contributed by atoms with van der Waals surface area (Å²) in [6, 6.07) is 89.5. The lowest BCUT2D eigenvalue weighted by Crippen LogP contribution is -2.23. The molecule has 2 aliphatic carbocycles. The van der Waals surface area contributed by atoms with Crippen LogP contribution in [-0.4, -0.2) is 0 Å². The molecule has 0 radical (unpaired) electrons. The molecule has 0 fully saturated rings. The fourth-order valence-electron chi connectivity index (χ4n) is 10.3. The molecule has 0 aromatic heterocycles. The number of benzene rings is 10. The lowest BCUT2D eigenvalue weighted by atomic mass is 9.80. The van der Waals surface area contributed by atoms with Crippen LogP contribution in [0.4, 0.5) is 62.6 Å². The molecule has 10 aromatic rings. The van der Waals surface area contributed by atoms with Crippen molar-refractivity contribution in [3.8, 4) is 0 Å². The monoisotopic (exact) mass is 912 g/mol. The molecule has 0 aliphatic heterocycles.